The Morgan fingerprint density at radius 3 is 2.49 bits per heavy atom. The standard InChI is InChI=1S/C25H30FN5O4/c1-15-12-29(19-10-9-18(34-3)11-20(19)35-4)24-27-22-21(30(24)13-15)23(32)31(25(33)28(22)2)14-16-5-7-17(26)8-6-16/h5-11,15,21-22,24,27H,12-14H2,1-4H3. The summed E-state index contributed by atoms with van der Waals surface area (Å²) in [6.07, 6.45) is -0.769. The van der Waals surface area contributed by atoms with Gasteiger partial charge in [0, 0.05) is 26.2 Å². The lowest BCUT2D eigenvalue weighted by atomic mass is 10.0. The predicted octanol–water partition coefficient (Wildman–Crippen LogP) is 2.28. The Hall–Kier alpha value is -3.37. The van der Waals surface area contributed by atoms with Crippen LogP contribution < -0.4 is 19.7 Å². The van der Waals surface area contributed by atoms with Crippen LogP contribution in [-0.4, -0.2) is 79.5 Å². The number of imide groups is 1. The van der Waals surface area contributed by atoms with Crippen molar-refractivity contribution in [2.45, 2.75) is 32.0 Å². The number of nitrogens with one attached hydrogen (secondary N) is 1. The smallest absolute Gasteiger partial charge is 0.328 e. The molecule has 0 bridgehead atoms. The van der Waals surface area contributed by atoms with Crippen LogP contribution in [0.15, 0.2) is 42.5 Å². The second-order valence-electron chi connectivity index (χ2n) is 9.37. The summed E-state index contributed by atoms with van der Waals surface area (Å²) >= 11 is 0. The number of methoxy groups -OCH3 is 2. The Kier molecular flexibility index (Phi) is 6.02. The average molecular weight is 484 g/mol. The summed E-state index contributed by atoms with van der Waals surface area (Å²) in [5.41, 5.74) is 1.57. The number of ether oxygens (including phenoxy) is 2. The van der Waals surface area contributed by atoms with Gasteiger partial charge in [0.05, 0.1) is 26.5 Å². The van der Waals surface area contributed by atoms with Crippen LogP contribution in [0.5, 0.6) is 11.5 Å². The molecule has 3 aliphatic heterocycles. The van der Waals surface area contributed by atoms with Crippen LogP contribution in [0.3, 0.4) is 0 Å². The van der Waals surface area contributed by atoms with E-state index in [-0.39, 0.29) is 36.5 Å². The van der Waals surface area contributed by atoms with Crippen LogP contribution >= 0.6 is 0 Å². The highest BCUT2D eigenvalue weighted by Crippen LogP contribution is 2.39. The number of amides is 3. The molecule has 3 fully saturated rings. The van der Waals surface area contributed by atoms with Gasteiger partial charge >= 0.3 is 6.03 Å². The van der Waals surface area contributed by atoms with Gasteiger partial charge in [-0.3, -0.25) is 19.9 Å². The molecule has 0 spiro atoms. The van der Waals surface area contributed by atoms with Gasteiger partial charge in [0.25, 0.3) is 5.91 Å². The van der Waals surface area contributed by atoms with Crippen molar-refractivity contribution in [2.75, 3.05) is 39.3 Å². The summed E-state index contributed by atoms with van der Waals surface area (Å²) in [5.74, 6) is 1.01. The maximum Gasteiger partial charge on any atom is 0.328 e. The van der Waals surface area contributed by atoms with E-state index < -0.39 is 12.2 Å². The molecule has 2 aromatic rings. The molecule has 4 unspecified atom stereocenters. The maximum absolute atomic E-state index is 13.7. The minimum Gasteiger partial charge on any atom is -0.497 e. The van der Waals surface area contributed by atoms with Gasteiger partial charge in [-0.1, -0.05) is 19.1 Å². The Morgan fingerprint density at radius 2 is 1.80 bits per heavy atom. The largest absolute Gasteiger partial charge is 0.497 e. The van der Waals surface area contributed by atoms with Crippen molar-refractivity contribution < 1.29 is 23.5 Å². The number of hydrogen-bond donors (Lipinski definition) is 1. The van der Waals surface area contributed by atoms with Gasteiger partial charge in [-0.25, -0.2) is 9.18 Å². The molecule has 3 aliphatic rings. The molecule has 9 nitrogen and oxygen atoms in total. The topological polar surface area (TPSA) is 77.6 Å². The fraction of sp³-hybridized carbons (Fsp3) is 0.440. The predicted molar refractivity (Wildman–Crippen MR) is 127 cm³/mol. The molecule has 0 aliphatic carbocycles. The first-order chi connectivity index (χ1) is 16.8. The summed E-state index contributed by atoms with van der Waals surface area (Å²) < 4.78 is 24.4. The SMILES string of the molecule is COc1ccc(N2CC(C)CN3C4C(=O)N(Cc5ccc(F)cc5)C(=O)N(C)C4NC23)c(OC)c1. The molecule has 0 aromatic heterocycles. The Labute approximate surface area is 204 Å². The zero-order valence-electron chi connectivity index (χ0n) is 20.3. The molecule has 2 aromatic carbocycles. The van der Waals surface area contributed by atoms with E-state index in [1.165, 1.54) is 17.0 Å². The number of fused-ring (bicyclic) bond motifs is 3. The summed E-state index contributed by atoms with van der Waals surface area (Å²) in [7, 11) is 4.93. The van der Waals surface area contributed by atoms with Crippen LogP contribution in [0.25, 0.3) is 0 Å². The summed E-state index contributed by atoms with van der Waals surface area (Å²) in [6.45, 7) is 3.69. The van der Waals surface area contributed by atoms with E-state index in [1.807, 2.05) is 18.2 Å². The molecule has 3 heterocycles. The van der Waals surface area contributed by atoms with E-state index in [4.69, 9.17) is 9.47 Å². The first-order valence-corrected chi connectivity index (χ1v) is 11.7. The number of anilines is 1. The number of rotatable bonds is 5. The molecule has 35 heavy (non-hydrogen) atoms. The molecule has 1 N–H and O–H groups in total. The number of carbonyl (C=O) groups is 2. The van der Waals surface area contributed by atoms with E-state index in [1.54, 1.807) is 38.3 Å². The number of carbonyl (C=O) groups excluding carboxylic acids is 2. The molecular formula is C25H30FN5O4. The quantitative estimate of drug-likeness (QED) is 0.699. The van der Waals surface area contributed by atoms with Crippen LogP contribution in [0.4, 0.5) is 14.9 Å². The van der Waals surface area contributed by atoms with E-state index in [0.29, 0.717) is 23.6 Å². The molecular weight excluding hydrogens is 453 g/mol. The van der Waals surface area contributed by atoms with Crippen molar-refractivity contribution in [3.8, 4) is 11.5 Å². The summed E-state index contributed by atoms with van der Waals surface area (Å²) in [4.78, 5) is 34.1. The molecule has 3 saturated heterocycles. The van der Waals surface area contributed by atoms with E-state index in [9.17, 15) is 14.0 Å². The first kappa shape index (κ1) is 23.4. The number of benzene rings is 2. The van der Waals surface area contributed by atoms with Gasteiger partial charge in [-0.15, -0.1) is 0 Å². The monoisotopic (exact) mass is 483 g/mol. The van der Waals surface area contributed by atoms with Crippen LogP contribution in [0, 0.1) is 11.7 Å². The van der Waals surface area contributed by atoms with Crippen molar-refractivity contribution in [3.63, 3.8) is 0 Å². The van der Waals surface area contributed by atoms with Crippen molar-refractivity contribution in [2.24, 2.45) is 5.92 Å². The maximum atomic E-state index is 13.7. The molecule has 186 valence electrons. The Bertz CT molecular complexity index is 1130. The third-order valence-electron chi connectivity index (χ3n) is 7.04. The Morgan fingerprint density at radius 1 is 1.06 bits per heavy atom. The van der Waals surface area contributed by atoms with Gasteiger partial charge in [0.2, 0.25) is 0 Å². The molecule has 10 heteroatoms. The van der Waals surface area contributed by atoms with Gasteiger partial charge in [-0.05, 0) is 35.7 Å². The number of urea groups is 1. The van der Waals surface area contributed by atoms with Crippen LogP contribution in [0.1, 0.15) is 12.5 Å². The lowest BCUT2D eigenvalue weighted by molar-refractivity contribution is -0.139. The minimum absolute atomic E-state index is 0.0928. The minimum atomic E-state index is -0.544. The first-order valence-electron chi connectivity index (χ1n) is 11.7. The highest BCUT2D eigenvalue weighted by Gasteiger charge is 2.57. The van der Waals surface area contributed by atoms with Crippen molar-refractivity contribution in [1.29, 1.82) is 0 Å². The van der Waals surface area contributed by atoms with E-state index in [0.717, 1.165) is 12.2 Å². The zero-order chi connectivity index (χ0) is 24.9. The lowest BCUT2D eigenvalue weighted by Gasteiger charge is -2.46. The second kappa shape index (κ2) is 9.01. The average Bonchev–Trinajstić information content (AvgIpc) is 3.25. The van der Waals surface area contributed by atoms with E-state index >= 15 is 0 Å². The highest BCUT2D eigenvalue weighted by molar-refractivity contribution is 6.00. The van der Waals surface area contributed by atoms with Gasteiger partial charge in [0.15, 0.2) is 0 Å². The molecule has 5 rings (SSSR count). The van der Waals surface area contributed by atoms with Crippen LogP contribution in [-0.2, 0) is 11.3 Å². The van der Waals surface area contributed by atoms with Gasteiger partial charge < -0.3 is 19.3 Å². The van der Waals surface area contributed by atoms with Crippen molar-refractivity contribution >= 4 is 17.6 Å². The fourth-order valence-electron chi connectivity index (χ4n) is 5.34. The highest BCUT2D eigenvalue weighted by atomic mass is 19.1. The zero-order valence-corrected chi connectivity index (χ0v) is 20.3. The molecule has 0 radical (unpaired) electrons. The lowest BCUT2D eigenvalue weighted by Crippen LogP contribution is -2.66. The molecule has 3 amide bonds. The normalized spacial score (nSPS) is 26.6. The summed E-state index contributed by atoms with van der Waals surface area (Å²) in [5, 5.41) is 3.52. The fourth-order valence-corrected chi connectivity index (χ4v) is 5.34. The number of halogens is 1. The van der Waals surface area contributed by atoms with E-state index in [2.05, 4.69) is 22.0 Å². The van der Waals surface area contributed by atoms with Crippen LogP contribution in [0.2, 0.25) is 0 Å². The van der Waals surface area contributed by atoms with Gasteiger partial charge in [-0.2, -0.15) is 0 Å². The Balaban J connectivity index is 1.46. The molecule has 4 atom stereocenters. The molecule has 0 saturated carbocycles. The summed E-state index contributed by atoms with van der Waals surface area (Å²) in [6, 6.07) is 10.6. The van der Waals surface area contributed by atoms with Crippen molar-refractivity contribution in [3.05, 3.63) is 53.8 Å². The number of nitrogens with zero attached hydrogens (tertiary/aromatic N) is 4. The number of hydrogen-bond acceptors (Lipinski definition) is 7. The third-order valence-corrected chi connectivity index (χ3v) is 7.04. The van der Waals surface area contributed by atoms with Gasteiger partial charge in [0.1, 0.15) is 35.8 Å². The number of likely N-dealkylation sites (N-methyl/N-ethyl adjacent to an activating group) is 1. The third kappa shape index (κ3) is 3.96. The van der Waals surface area contributed by atoms with Crippen molar-refractivity contribution in [1.82, 2.24) is 20.0 Å². The second-order valence-corrected chi connectivity index (χ2v) is 9.37.